The minimum atomic E-state index is -0.290. The number of benzene rings is 1. The van der Waals surface area contributed by atoms with Crippen LogP contribution >= 0.6 is 0 Å². The highest BCUT2D eigenvalue weighted by molar-refractivity contribution is 5.78. The molecule has 18 heavy (non-hydrogen) atoms. The van der Waals surface area contributed by atoms with E-state index in [0.717, 1.165) is 18.4 Å². The molecule has 0 bridgehead atoms. The van der Waals surface area contributed by atoms with Gasteiger partial charge in [0.05, 0.1) is 12.5 Å². The maximum absolute atomic E-state index is 11.7. The Morgan fingerprint density at radius 1 is 1.33 bits per heavy atom. The van der Waals surface area contributed by atoms with Crippen LogP contribution in [0.4, 0.5) is 0 Å². The highest BCUT2D eigenvalue weighted by atomic mass is 16.3. The Labute approximate surface area is 109 Å². The van der Waals surface area contributed by atoms with Crippen molar-refractivity contribution >= 4 is 5.91 Å². The predicted molar refractivity (Wildman–Crippen MR) is 73.5 cm³/mol. The van der Waals surface area contributed by atoms with E-state index in [9.17, 15) is 4.79 Å². The topological polar surface area (TPSA) is 49.3 Å². The molecule has 1 amide bonds. The summed E-state index contributed by atoms with van der Waals surface area (Å²) in [5.74, 6) is 0.0452. The van der Waals surface area contributed by atoms with E-state index < -0.39 is 0 Å². The molecule has 0 radical (unpaired) electrons. The zero-order valence-electron chi connectivity index (χ0n) is 11.5. The molecule has 1 unspecified atom stereocenters. The molecular formula is C15H23NO2. The number of hydrogen-bond acceptors (Lipinski definition) is 2. The third kappa shape index (κ3) is 5.32. The first-order chi connectivity index (χ1) is 8.49. The second kappa shape index (κ2) is 7.17. The summed E-state index contributed by atoms with van der Waals surface area (Å²) in [6.07, 6.45) is 1.68. The van der Waals surface area contributed by atoms with Crippen LogP contribution in [0.3, 0.4) is 0 Å². The smallest absolute Gasteiger partial charge is 0.224 e. The molecule has 0 saturated heterocycles. The summed E-state index contributed by atoms with van der Waals surface area (Å²) >= 11 is 0. The number of hydrogen-bond donors (Lipinski definition) is 2. The van der Waals surface area contributed by atoms with Crippen LogP contribution in [0, 0.1) is 13.8 Å². The lowest BCUT2D eigenvalue weighted by Crippen LogP contribution is -2.26. The van der Waals surface area contributed by atoms with Gasteiger partial charge in [-0.1, -0.05) is 18.2 Å². The molecule has 3 heteroatoms. The molecule has 1 atom stereocenters. The quantitative estimate of drug-likeness (QED) is 0.759. The van der Waals surface area contributed by atoms with Crippen molar-refractivity contribution in [1.82, 2.24) is 5.32 Å². The molecule has 100 valence electrons. The summed E-state index contributed by atoms with van der Waals surface area (Å²) in [5.41, 5.74) is 3.51. The van der Waals surface area contributed by atoms with E-state index in [1.807, 2.05) is 12.1 Å². The fourth-order valence-corrected chi connectivity index (χ4v) is 1.79. The normalized spacial score (nSPS) is 12.2. The van der Waals surface area contributed by atoms with Gasteiger partial charge in [0, 0.05) is 6.54 Å². The van der Waals surface area contributed by atoms with Crippen LogP contribution in [0.5, 0.6) is 0 Å². The number of nitrogens with one attached hydrogen (secondary N) is 1. The molecule has 3 nitrogen and oxygen atoms in total. The van der Waals surface area contributed by atoms with Crippen molar-refractivity contribution in [1.29, 1.82) is 0 Å². The van der Waals surface area contributed by atoms with Gasteiger partial charge < -0.3 is 10.4 Å². The Balaban J connectivity index is 2.33. The predicted octanol–water partition coefficient (Wildman–Crippen LogP) is 2.12. The molecule has 1 rings (SSSR count). The molecule has 1 aromatic carbocycles. The van der Waals surface area contributed by atoms with Gasteiger partial charge in [0.25, 0.3) is 0 Å². The third-order valence-electron chi connectivity index (χ3n) is 3.06. The Bertz CT molecular complexity index is 399. The van der Waals surface area contributed by atoms with Crippen LogP contribution < -0.4 is 5.32 Å². The fourth-order valence-electron chi connectivity index (χ4n) is 1.79. The summed E-state index contributed by atoms with van der Waals surface area (Å²) in [6.45, 7) is 6.51. The number of amides is 1. The van der Waals surface area contributed by atoms with E-state index >= 15 is 0 Å². The van der Waals surface area contributed by atoms with Crippen LogP contribution in [-0.4, -0.2) is 23.7 Å². The molecule has 0 saturated carbocycles. The van der Waals surface area contributed by atoms with Crippen LogP contribution in [0.1, 0.15) is 36.5 Å². The molecule has 0 heterocycles. The minimum absolute atomic E-state index is 0.0452. The SMILES string of the molecule is Cc1ccc(CC(=O)NCCCC(C)O)cc1C. The van der Waals surface area contributed by atoms with Crippen molar-refractivity contribution in [2.24, 2.45) is 0 Å². The number of carbonyl (C=O) groups excluding carboxylic acids is 1. The fraction of sp³-hybridized carbons (Fsp3) is 0.533. The van der Waals surface area contributed by atoms with E-state index in [0.29, 0.717) is 13.0 Å². The number of carbonyl (C=O) groups is 1. The molecule has 0 aliphatic rings. The van der Waals surface area contributed by atoms with E-state index in [-0.39, 0.29) is 12.0 Å². The Kier molecular flexibility index (Phi) is 5.86. The first kappa shape index (κ1) is 14.7. The number of aryl methyl sites for hydroxylation is 2. The van der Waals surface area contributed by atoms with Gasteiger partial charge in [0.1, 0.15) is 0 Å². The third-order valence-corrected chi connectivity index (χ3v) is 3.06. The number of aliphatic hydroxyl groups is 1. The van der Waals surface area contributed by atoms with Gasteiger partial charge in [-0.05, 0) is 50.3 Å². The second-order valence-corrected chi connectivity index (χ2v) is 4.94. The van der Waals surface area contributed by atoms with Crippen molar-refractivity contribution in [3.8, 4) is 0 Å². The summed E-state index contributed by atoms with van der Waals surface area (Å²) in [7, 11) is 0. The average Bonchev–Trinajstić information content (AvgIpc) is 2.29. The largest absolute Gasteiger partial charge is 0.393 e. The molecule has 0 aliphatic heterocycles. The van der Waals surface area contributed by atoms with E-state index in [4.69, 9.17) is 5.11 Å². The molecule has 0 aromatic heterocycles. The van der Waals surface area contributed by atoms with Gasteiger partial charge in [0.15, 0.2) is 0 Å². The zero-order chi connectivity index (χ0) is 13.5. The van der Waals surface area contributed by atoms with Crippen LogP contribution in [0.25, 0.3) is 0 Å². The van der Waals surface area contributed by atoms with Gasteiger partial charge in [-0.25, -0.2) is 0 Å². The number of aliphatic hydroxyl groups excluding tert-OH is 1. The highest BCUT2D eigenvalue weighted by Gasteiger charge is 2.04. The zero-order valence-corrected chi connectivity index (χ0v) is 11.5. The van der Waals surface area contributed by atoms with Crippen molar-refractivity contribution in [3.63, 3.8) is 0 Å². The second-order valence-electron chi connectivity index (χ2n) is 4.94. The molecular weight excluding hydrogens is 226 g/mol. The molecule has 0 aliphatic carbocycles. The molecule has 2 N–H and O–H groups in total. The van der Waals surface area contributed by atoms with Crippen LogP contribution in [0.2, 0.25) is 0 Å². The summed E-state index contributed by atoms with van der Waals surface area (Å²) < 4.78 is 0. The van der Waals surface area contributed by atoms with E-state index in [1.54, 1.807) is 6.92 Å². The molecule has 1 aromatic rings. The summed E-state index contributed by atoms with van der Waals surface area (Å²) in [4.78, 5) is 11.7. The standard InChI is InChI=1S/C15H23NO2/c1-11-6-7-14(9-12(11)2)10-15(18)16-8-4-5-13(3)17/h6-7,9,13,17H,4-5,8,10H2,1-3H3,(H,16,18). The highest BCUT2D eigenvalue weighted by Crippen LogP contribution is 2.10. The van der Waals surface area contributed by atoms with Gasteiger partial charge in [0.2, 0.25) is 5.91 Å². The lowest BCUT2D eigenvalue weighted by Gasteiger charge is -2.08. The lowest BCUT2D eigenvalue weighted by molar-refractivity contribution is -0.120. The van der Waals surface area contributed by atoms with Gasteiger partial charge in [-0.15, -0.1) is 0 Å². The van der Waals surface area contributed by atoms with Crippen molar-refractivity contribution in [2.75, 3.05) is 6.54 Å². The first-order valence-corrected chi connectivity index (χ1v) is 6.50. The Morgan fingerprint density at radius 2 is 2.06 bits per heavy atom. The first-order valence-electron chi connectivity index (χ1n) is 6.50. The monoisotopic (exact) mass is 249 g/mol. The maximum Gasteiger partial charge on any atom is 0.224 e. The summed E-state index contributed by atoms with van der Waals surface area (Å²) in [6, 6.07) is 6.10. The average molecular weight is 249 g/mol. The Morgan fingerprint density at radius 3 is 2.67 bits per heavy atom. The van der Waals surface area contributed by atoms with Crippen molar-refractivity contribution < 1.29 is 9.90 Å². The molecule has 0 fully saturated rings. The van der Waals surface area contributed by atoms with E-state index in [1.165, 1.54) is 11.1 Å². The summed E-state index contributed by atoms with van der Waals surface area (Å²) in [5, 5.41) is 12.0. The number of rotatable bonds is 6. The van der Waals surface area contributed by atoms with Gasteiger partial charge in [-0.2, -0.15) is 0 Å². The maximum atomic E-state index is 11.7. The van der Waals surface area contributed by atoms with Crippen molar-refractivity contribution in [3.05, 3.63) is 34.9 Å². The van der Waals surface area contributed by atoms with E-state index in [2.05, 4.69) is 25.2 Å². The van der Waals surface area contributed by atoms with Gasteiger partial charge >= 0.3 is 0 Å². The lowest BCUT2D eigenvalue weighted by atomic mass is 10.0. The van der Waals surface area contributed by atoms with Crippen LogP contribution in [-0.2, 0) is 11.2 Å². The molecule has 0 spiro atoms. The minimum Gasteiger partial charge on any atom is -0.393 e. The van der Waals surface area contributed by atoms with Gasteiger partial charge in [-0.3, -0.25) is 4.79 Å². The van der Waals surface area contributed by atoms with Crippen LogP contribution in [0.15, 0.2) is 18.2 Å². The Hall–Kier alpha value is -1.35. The van der Waals surface area contributed by atoms with Crippen molar-refractivity contribution in [2.45, 2.75) is 46.1 Å².